The molecule has 1 amide bonds. The average molecular weight is 271 g/mol. The quantitative estimate of drug-likeness (QED) is 0.869. The largest absolute Gasteiger partial charge is 0.298 e. The van der Waals surface area contributed by atoms with Gasteiger partial charge in [0.1, 0.15) is 5.69 Å². The molecule has 1 aromatic heterocycles. The van der Waals surface area contributed by atoms with E-state index in [1.165, 1.54) is 24.3 Å². The SMILES string of the molecule is CC(=O)c1csc(NC(=O)c2cccc(C#N)c2)n1. The number of hydrogen-bond acceptors (Lipinski definition) is 5. The normalized spacial score (nSPS) is 9.68. The van der Waals surface area contributed by atoms with E-state index in [-0.39, 0.29) is 11.7 Å². The summed E-state index contributed by atoms with van der Waals surface area (Å²) in [6.07, 6.45) is 0. The minimum absolute atomic E-state index is 0.150. The highest BCUT2D eigenvalue weighted by Gasteiger charge is 2.11. The molecule has 0 spiro atoms. The monoisotopic (exact) mass is 271 g/mol. The molecule has 0 atom stereocenters. The number of amides is 1. The fourth-order valence-corrected chi connectivity index (χ4v) is 2.14. The molecule has 0 fully saturated rings. The topological polar surface area (TPSA) is 82.9 Å². The maximum Gasteiger partial charge on any atom is 0.257 e. The Kier molecular flexibility index (Phi) is 3.68. The van der Waals surface area contributed by atoms with Gasteiger partial charge in [0.05, 0.1) is 11.6 Å². The number of carbonyl (C=O) groups excluding carboxylic acids is 2. The molecule has 0 saturated heterocycles. The lowest BCUT2D eigenvalue weighted by Crippen LogP contribution is -2.12. The summed E-state index contributed by atoms with van der Waals surface area (Å²) in [5.41, 5.74) is 1.11. The second kappa shape index (κ2) is 5.42. The fraction of sp³-hybridized carbons (Fsp3) is 0.0769. The van der Waals surface area contributed by atoms with Crippen LogP contribution < -0.4 is 5.32 Å². The van der Waals surface area contributed by atoms with Crippen molar-refractivity contribution in [2.75, 3.05) is 5.32 Å². The number of nitriles is 1. The van der Waals surface area contributed by atoms with Crippen LogP contribution in [0.15, 0.2) is 29.6 Å². The Balaban J connectivity index is 2.16. The molecule has 1 heterocycles. The molecule has 0 unspecified atom stereocenters. The number of nitrogens with zero attached hydrogens (tertiary/aromatic N) is 2. The van der Waals surface area contributed by atoms with Gasteiger partial charge in [-0.3, -0.25) is 14.9 Å². The van der Waals surface area contributed by atoms with E-state index in [1.54, 1.807) is 23.6 Å². The van der Waals surface area contributed by atoms with E-state index in [4.69, 9.17) is 5.26 Å². The van der Waals surface area contributed by atoms with Crippen molar-refractivity contribution in [2.45, 2.75) is 6.92 Å². The van der Waals surface area contributed by atoms with Gasteiger partial charge in [0.15, 0.2) is 10.9 Å². The lowest BCUT2D eigenvalue weighted by molar-refractivity contribution is 0.100. The lowest BCUT2D eigenvalue weighted by atomic mass is 10.1. The van der Waals surface area contributed by atoms with Crippen molar-refractivity contribution >= 4 is 28.2 Å². The number of thiazole rings is 1. The Morgan fingerprint density at radius 3 is 2.84 bits per heavy atom. The van der Waals surface area contributed by atoms with Crippen LogP contribution in [0.5, 0.6) is 0 Å². The van der Waals surface area contributed by atoms with Crippen LogP contribution in [0.2, 0.25) is 0 Å². The second-order valence-corrected chi connectivity index (χ2v) is 4.60. The van der Waals surface area contributed by atoms with Gasteiger partial charge >= 0.3 is 0 Å². The first kappa shape index (κ1) is 12.9. The molecule has 0 aliphatic rings. The molecule has 19 heavy (non-hydrogen) atoms. The highest BCUT2D eigenvalue weighted by Crippen LogP contribution is 2.17. The van der Waals surface area contributed by atoms with Crippen LogP contribution >= 0.6 is 11.3 Å². The van der Waals surface area contributed by atoms with E-state index >= 15 is 0 Å². The van der Waals surface area contributed by atoms with Crippen molar-refractivity contribution in [3.63, 3.8) is 0 Å². The summed E-state index contributed by atoms with van der Waals surface area (Å²) >= 11 is 1.18. The molecular formula is C13H9N3O2S. The van der Waals surface area contributed by atoms with Crippen LogP contribution in [-0.2, 0) is 0 Å². The molecule has 1 N–H and O–H groups in total. The Hall–Kier alpha value is -2.52. The first-order valence-corrected chi connectivity index (χ1v) is 6.26. The third kappa shape index (κ3) is 3.03. The predicted molar refractivity (Wildman–Crippen MR) is 71.2 cm³/mol. The minimum atomic E-state index is -0.360. The smallest absolute Gasteiger partial charge is 0.257 e. The van der Waals surface area contributed by atoms with Gasteiger partial charge in [-0.05, 0) is 18.2 Å². The van der Waals surface area contributed by atoms with Crippen molar-refractivity contribution in [2.24, 2.45) is 0 Å². The first-order chi connectivity index (χ1) is 9.10. The third-order valence-electron chi connectivity index (χ3n) is 2.34. The molecule has 6 heteroatoms. The van der Waals surface area contributed by atoms with Crippen LogP contribution in [-0.4, -0.2) is 16.7 Å². The van der Waals surface area contributed by atoms with Gasteiger partial charge in [0, 0.05) is 17.9 Å². The van der Waals surface area contributed by atoms with E-state index in [2.05, 4.69) is 10.3 Å². The number of hydrogen-bond donors (Lipinski definition) is 1. The molecule has 0 saturated carbocycles. The van der Waals surface area contributed by atoms with Gasteiger partial charge in [0.2, 0.25) is 0 Å². The molecule has 2 rings (SSSR count). The summed E-state index contributed by atoms with van der Waals surface area (Å²) in [6, 6.07) is 8.32. The van der Waals surface area contributed by atoms with Crippen LogP contribution in [0.3, 0.4) is 0 Å². The molecule has 5 nitrogen and oxygen atoms in total. The number of anilines is 1. The van der Waals surface area contributed by atoms with Crippen molar-refractivity contribution in [3.05, 3.63) is 46.5 Å². The first-order valence-electron chi connectivity index (χ1n) is 5.38. The van der Waals surface area contributed by atoms with Crippen molar-refractivity contribution < 1.29 is 9.59 Å². The van der Waals surface area contributed by atoms with E-state index in [1.807, 2.05) is 6.07 Å². The molecule has 2 aromatic rings. The second-order valence-electron chi connectivity index (χ2n) is 3.74. The van der Waals surface area contributed by atoms with Gasteiger partial charge in [-0.15, -0.1) is 11.3 Å². The molecule has 0 bridgehead atoms. The average Bonchev–Trinajstić information content (AvgIpc) is 2.87. The van der Waals surface area contributed by atoms with Gasteiger partial charge in [-0.25, -0.2) is 4.98 Å². The van der Waals surface area contributed by atoms with Gasteiger partial charge in [0.25, 0.3) is 5.91 Å². The van der Waals surface area contributed by atoms with Crippen LogP contribution in [0.4, 0.5) is 5.13 Å². The number of rotatable bonds is 3. The number of benzene rings is 1. The molecule has 0 radical (unpaired) electrons. The van der Waals surface area contributed by atoms with Gasteiger partial charge in [-0.1, -0.05) is 6.07 Å². The van der Waals surface area contributed by atoms with Gasteiger partial charge in [-0.2, -0.15) is 5.26 Å². The summed E-state index contributed by atoms with van der Waals surface area (Å²) in [5.74, 6) is -0.509. The number of aromatic nitrogens is 1. The summed E-state index contributed by atoms with van der Waals surface area (Å²) in [6.45, 7) is 1.41. The maximum absolute atomic E-state index is 11.9. The summed E-state index contributed by atoms with van der Waals surface area (Å²) in [5, 5.41) is 13.3. The fourth-order valence-electron chi connectivity index (χ4n) is 1.39. The van der Waals surface area contributed by atoms with Crippen molar-refractivity contribution in [3.8, 4) is 6.07 Å². The zero-order valence-electron chi connectivity index (χ0n) is 10.0. The highest BCUT2D eigenvalue weighted by molar-refractivity contribution is 7.14. The number of nitrogens with one attached hydrogen (secondary N) is 1. The van der Waals surface area contributed by atoms with Crippen molar-refractivity contribution in [1.29, 1.82) is 5.26 Å². The Bertz CT molecular complexity index is 685. The predicted octanol–water partition coefficient (Wildman–Crippen LogP) is 2.47. The molecule has 94 valence electrons. The number of carbonyl (C=O) groups is 2. The zero-order valence-corrected chi connectivity index (χ0v) is 10.8. The standard InChI is InChI=1S/C13H9N3O2S/c1-8(17)11-7-19-13(15-11)16-12(18)10-4-2-3-9(5-10)6-14/h2-5,7H,1H3,(H,15,16,18). The van der Waals surface area contributed by atoms with E-state index in [9.17, 15) is 9.59 Å². The Morgan fingerprint density at radius 1 is 1.42 bits per heavy atom. The van der Waals surface area contributed by atoms with E-state index < -0.39 is 0 Å². The maximum atomic E-state index is 11.9. The lowest BCUT2D eigenvalue weighted by Gasteiger charge is -2.01. The summed E-state index contributed by atoms with van der Waals surface area (Å²) < 4.78 is 0. The summed E-state index contributed by atoms with van der Waals surface area (Å²) in [4.78, 5) is 27.0. The molecule has 1 aromatic carbocycles. The Morgan fingerprint density at radius 2 is 2.21 bits per heavy atom. The van der Waals surface area contributed by atoms with E-state index in [0.717, 1.165) is 0 Å². The van der Waals surface area contributed by atoms with Crippen molar-refractivity contribution in [1.82, 2.24) is 4.98 Å². The number of ketones is 1. The Labute approximate surface area is 113 Å². The molecule has 0 aliphatic heterocycles. The van der Waals surface area contributed by atoms with Crippen LogP contribution in [0, 0.1) is 11.3 Å². The zero-order chi connectivity index (χ0) is 13.8. The summed E-state index contributed by atoms with van der Waals surface area (Å²) in [7, 11) is 0. The van der Waals surface area contributed by atoms with Crippen LogP contribution in [0.25, 0.3) is 0 Å². The van der Waals surface area contributed by atoms with Crippen LogP contribution in [0.1, 0.15) is 33.3 Å². The highest BCUT2D eigenvalue weighted by atomic mass is 32.1. The molecule has 0 aliphatic carbocycles. The number of Topliss-reactive ketones (excluding diaryl/α,β-unsaturated/α-hetero) is 1. The third-order valence-corrected chi connectivity index (χ3v) is 3.10. The van der Waals surface area contributed by atoms with Gasteiger partial charge < -0.3 is 0 Å². The molecular weight excluding hydrogens is 262 g/mol. The minimum Gasteiger partial charge on any atom is -0.298 e. The van der Waals surface area contributed by atoms with E-state index in [0.29, 0.717) is 22.0 Å².